The quantitative estimate of drug-likeness (QED) is 0.623. The number of nitrogens with one attached hydrogen (secondary N) is 1. The fourth-order valence-electron chi connectivity index (χ4n) is 1.95. The summed E-state index contributed by atoms with van der Waals surface area (Å²) in [5.74, 6) is 0. The van der Waals surface area contributed by atoms with E-state index in [2.05, 4.69) is 5.32 Å². The molecule has 1 N–H and O–H groups in total. The van der Waals surface area contributed by atoms with Gasteiger partial charge in [-0.15, -0.1) is 0 Å². The highest BCUT2D eigenvalue weighted by molar-refractivity contribution is 6.50. The van der Waals surface area contributed by atoms with Crippen LogP contribution in [0.1, 0.15) is 5.56 Å². The maximum absolute atomic E-state index is 6.29. The van der Waals surface area contributed by atoms with Crippen molar-refractivity contribution in [1.82, 2.24) is 5.32 Å². The summed E-state index contributed by atoms with van der Waals surface area (Å²) in [6.45, 7) is 0.618. The predicted octanol–water partition coefficient (Wildman–Crippen LogP) is 6.34. The van der Waals surface area contributed by atoms with Crippen LogP contribution in [0.25, 0.3) is 11.1 Å². The van der Waals surface area contributed by atoms with Crippen molar-refractivity contribution in [3.63, 3.8) is 0 Å². The summed E-state index contributed by atoms with van der Waals surface area (Å²) < 4.78 is 0. The summed E-state index contributed by atoms with van der Waals surface area (Å²) in [7, 11) is 1.85. The Labute approximate surface area is 142 Å². The van der Waals surface area contributed by atoms with Gasteiger partial charge in [0.25, 0.3) is 0 Å². The maximum atomic E-state index is 6.29. The third-order valence-electron chi connectivity index (χ3n) is 2.82. The zero-order valence-electron chi connectivity index (χ0n) is 10.4. The zero-order chi connectivity index (χ0) is 14.9. The highest BCUT2D eigenvalue weighted by Gasteiger charge is 2.18. The van der Waals surface area contributed by atoms with Crippen molar-refractivity contribution >= 4 is 58.0 Å². The molecule has 0 spiro atoms. The summed E-state index contributed by atoms with van der Waals surface area (Å²) in [5, 5.41) is 5.19. The maximum Gasteiger partial charge on any atom is 0.0686 e. The van der Waals surface area contributed by atoms with Crippen molar-refractivity contribution in [2.45, 2.75) is 6.54 Å². The van der Waals surface area contributed by atoms with Gasteiger partial charge in [0, 0.05) is 17.1 Å². The van der Waals surface area contributed by atoms with Crippen LogP contribution in [0.15, 0.2) is 24.3 Å². The molecule has 106 valence electrons. The van der Waals surface area contributed by atoms with Crippen LogP contribution in [0, 0.1) is 0 Å². The highest BCUT2D eigenvalue weighted by Crippen LogP contribution is 2.44. The zero-order valence-corrected chi connectivity index (χ0v) is 14.2. The van der Waals surface area contributed by atoms with Crippen molar-refractivity contribution in [2.75, 3.05) is 7.05 Å². The molecule has 1 nitrogen and oxygen atoms in total. The summed E-state index contributed by atoms with van der Waals surface area (Å²) in [4.78, 5) is 0. The van der Waals surface area contributed by atoms with Crippen molar-refractivity contribution in [1.29, 1.82) is 0 Å². The average Bonchev–Trinajstić information content (AvgIpc) is 2.39. The number of halogens is 5. The van der Waals surface area contributed by atoms with Gasteiger partial charge in [0.1, 0.15) is 0 Å². The van der Waals surface area contributed by atoms with Crippen LogP contribution < -0.4 is 5.32 Å². The Kier molecular flexibility index (Phi) is 5.47. The Morgan fingerprint density at radius 3 is 2.05 bits per heavy atom. The molecule has 0 aliphatic heterocycles. The fraction of sp³-hybridized carbons (Fsp3) is 0.143. The molecule has 0 heterocycles. The molecule has 0 aliphatic rings. The van der Waals surface area contributed by atoms with E-state index >= 15 is 0 Å². The van der Waals surface area contributed by atoms with E-state index in [1.54, 1.807) is 6.07 Å². The third kappa shape index (κ3) is 3.19. The van der Waals surface area contributed by atoms with E-state index < -0.39 is 0 Å². The molecule has 2 rings (SSSR count). The molecule has 0 aromatic heterocycles. The molecule has 0 radical (unpaired) electrons. The first-order chi connectivity index (χ1) is 9.45. The lowest BCUT2D eigenvalue weighted by Gasteiger charge is -2.15. The molecule has 0 aliphatic carbocycles. The second-order valence-corrected chi connectivity index (χ2v) is 6.18. The second kappa shape index (κ2) is 6.74. The van der Waals surface area contributed by atoms with Gasteiger partial charge in [-0.25, -0.2) is 0 Å². The largest absolute Gasteiger partial charge is 0.316 e. The third-order valence-corrected chi connectivity index (χ3v) is 4.63. The van der Waals surface area contributed by atoms with Crippen molar-refractivity contribution < 1.29 is 0 Å². The number of rotatable bonds is 3. The van der Waals surface area contributed by atoms with E-state index in [4.69, 9.17) is 58.0 Å². The molecule has 0 saturated carbocycles. The topological polar surface area (TPSA) is 12.0 Å². The predicted molar refractivity (Wildman–Crippen MR) is 89.7 cm³/mol. The molecule has 0 fully saturated rings. The average molecular weight is 370 g/mol. The van der Waals surface area contributed by atoms with E-state index in [9.17, 15) is 0 Å². The highest BCUT2D eigenvalue weighted by atomic mass is 35.5. The first-order valence-corrected chi connectivity index (χ1v) is 7.61. The molecule has 2 aromatic carbocycles. The van der Waals surface area contributed by atoms with Crippen molar-refractivity contribution in [2.24, 2.45) is 0 Å². The van der Waals surface area contributed by atoms with Crippen molar-refractivity contribution in [3.05, 3.63) is 54.9 Å². The van der Waals surface area contributed by atoms with Crippen LogP contribution in [0.2, 0.25) is 25.1 Å². The van der Waals surface area contributed by atoms with Gasteiger partial charge in [-0.05, 0) is 36.4 Å². The van der Waals surface area contributed by atoms with Crippen molar-refractivity contribution in [3.8, 4) is 11.1 Å². The molecule has 0 saturated heterocycles. The molecule has 6 heteroatoms. The Morgan fingerprint density at radius 1 is 0.900 bits per heavy atom. The molecular formula is C14H10Cl5N. The molecule has 20 heavy (non-hydrogen) atoms. The van der Waals surface area contributed by atoms with Crippen LogP contribution in [0.4, 0.5) is 0 Å². The van der Waals surface area contributed by atoms with Crippen LogP contribution in [0.3, 0.4) is 0 Å². The first kappa shape index (κ1) is 16.2. The lowest BCUT2D eigenvalue weighted by Crippen LogP contribution is -2.06. The van der Waals surface area contributed by atoms with Crippen LogP contribution >= 0.6 is 58.0 Å². The summed E-state index contributed by atoms with van der Waals surface area (Å²) >= 11 is 30.8. The van der Waals surface area contributed by atoms with Gasteiger partial charge in [-0.2, -0.15) is 0 Å². The van der Waals surface area contributed by atoms with E-state index in [0.29, 0.717) is 37.2 Å². The van der Waals surface area contributed by atoms with Gasteiger partial charge >= 0.3 is 0 Å². The Hall–Kier alpha value is -0.150. The Balaban J connectivity index is 2.74. The Morgan fingerprint density at radius 2 is 1.50 bits per heavy atom. The monoisotopic (exact) mass is 367 g/mol. The van der Waals surface area contributed by atoms with E-state index in [1.165, 1.54) is 6.07 Å². The normalized spacial score (nSPS) is 10.9. The minimum Gasteiger partial charge on any atom is -0.316 e. The van der Waals surface area contributed by atoms with E-state index in [-0.39, 0.29) is 0 Å². The van der Waals surface area contributed by atoms with Gasteiger partial charge < -0.3 is 5.32 Å². The van der Waals surface area contributed by atoms with Gasteiger partial charge in [0.15, 0.2) is 0 Å². The van der Waals surface area contributed by atoms with Gasteiger partial charge in [0.2, 0.25) is 0 Å². The van der Waals surface area contributed by atoms with Gasteiger partial charge in [0.05, 0.1) is 20.1 Å². The summed E-state index contributed by atoms with van der Waals surface area (Å²) in [6.07, 6.45) is 0. The molecular weight excluding hydrogens is 359 g/mol. The SMILES string of the molecule is CNCc1cc(Cl)ccc1-c1c(Cl)c(Cl)cc(Cl)c1Cl. The van der Waals surface area contributed by atoms with Crippen LogP contribution in [-0.4, -0.2) is 7.05 Å². The molecule has 0 amide bonds. The standard InChI is InChI=1S/C14H10Cl5N/c1-20-6-7-4-8(15)2-3-9(7)12-13(18)10(16)5-11(17)14(12)19/h2-5,20H,6H2,1H3. The minimum atomic E-state index is 0.362. The minimum absolute atomic E-state index is 0.362. The number of benzene rings is 2. The fourth-order valence-corrected chi connectivity index (χ4v) is 3.16. The van der Waals surface area contributed by atoms with Crippen LogP contribution in [0.5, 0.6) is 0 Å². The van der Waals surface area contributed by atoms with E-state index in [0.717, 1.165) is 11.1 Å². The molecule has 2 aromatic rings. The smallest absolute Gasteiger partial charge is 0.0686 e. The lowest BCUT2D eigenvalue weighted by atomic mass is 9.99. The lowest BCUT2D eigenvalue weighted by molar-refractivity contribution is 0.819. The molecule has 0 atom stereocenters. The molecule has 0 unspecified atom stereocenters. The first-order valence-electron chi connectivity index (χ1n) is 5.72. The Bertz CT molecular complexity index is 628. The van der Waals surface area contributed by atoms with Gasteiger partial charge in [-0.1, -0.05) is 64.1 Å². The summed E-state index contributed by atoms with van der Waals surface area (Å²) in [6, 6.07) is 7.02. The number of hydrogen-bond acceptors (Lipinski definition) is 1. The molecule has 0 bridgehead atoms. The summed E-state index contributed by atoms with van der Waals surface area (Å²) in [5.41, 5.74) is 2.43. The second-order valence-electron chi connectivity index (χ2n) is 4.17. The van der Waals surface area contributed by atoms with Crippen LogP contribution in [-0.2, 0) is 6.54 Å². The van der Waals surface area contributed by atoms with E-state index in [1.807, 2.05) is 19.2 Å². The van der Waals surface area contributed by atoms with Gasteiger partial charge in [-0.3, -0.25) is 0 Å². The number of hydrogen-bond donors (Lipinski definition) is 1.